The van der Waals surface area contributed by atoms with Gasteiger partial charge in [-0.25, -0.2) is 13.8 Å². The molecule has 3 aliphatic rings. The van der Waals surface area contributed by atoms with E-state index in [2.05, 4.69) is 22.7 Å². The van der Waals surface area contributed by atoms with E-state index >= 15 is 0 Å². The molecule has 2 aliphatic carbocycles. The van der Waals surface area contributed by atoms with Gasteiger partial charge in [0.1, 0.15) is 0 Å². The number of aryl methyl sites for hydroxylation is 1. The average Bonchev–Trinajstić information content (AvgIpc) is 3.08. The molecular formula is C20H25N3O4S. The summed E-state index contributed by atoms with van der Waals surface area (Å²) in [6.07, 6.45) is 7.25. The molecule has 1 amide bonds. The summed E-state index contributed by atoms with van der Waals surface area (Å²) in [6, 6.07) is 6.76. The van der Waals surface area contributed by atoms with E-state index in [0.717, 1.165) is 24.1 Å². The lowest BCUT2D eigenvalue weighted by atomic mass is 9.74. The molecule has 1 aromatic carbocycles. The fourth-order valence-corrected chi connectivity index (χ4v) is 5.28. The van der Waals surface area contributed by atoms with Crippen molar-refractivity contribution in [1.82, 2.24) is 9.73 Å². The molecular weight excluding hydrogens is 378 g/mol. The van der Waals surface area contributed by atoms with Crippen LogP contribution in [0, 0.1) is 11.8 Å². The second-order valence-corrected chi connectivity index (χ2v) is 9.37. The van der Waals surface area contributed by atoms with Gasteiger partial charge < -0.3 is 4.74 Å². The molecule has 1 heterocycles. The van der Waals surface area contributed by atoms with Crippen molar-refractivity contribution in [1.29, 1.82) is 0 Å². The molecule has 2 atom stereocenters. The van der Waals surface area contributed by atoms with E-state index < -0.39 is 10.0 Å². The van der Waals surface area contributed by atoms with Crippen LogP contribution >= 0.6 is 0 Å². The zero-order chi connectivity index (χ0) is 19.6. The van der Waals surface area contributed by atoms with Crippen molar-refractivity contribution in [2.45, 2.75) is 30.6 Å². The summed E-state index contributed by atoms with van der Waals surface area (Å²) in [6.45, 7) is 1.61. The number of benzene rings is 1. The van der Waals surface area contributed by atoms with Crippen molar-refractivity contribution >= 4 is 21.6 Å². The van der Waals surface area contributed by atoms with Crippen LogP contribution in [0.4, 0.5) is 0 Å². The van der Waals surface area contributed by atoms with E-state index in [1.54, 1.807) is 24.3 Å². The molecule has 4 rings (SSSR count). The highest BCUT2D eigenvalue weighted by atomic mass is 32.2. The lowest BCUT2D eigenvalue weighted by Crippen LogP contribution is -2.40. The predicted octanol–water partition coefficient (Wildman–Crippen LogP) is 1.71. The number of hydrazone groups is 1. The van der Waals surface area contributed by atoms with Gasteiger partial charge >= 0.3 is 0 Å². The number of carbonyl (C=O) groups is 1. The first kappa shape index (κ1) is 19.3. The number of rotatable bonds is 6. The number of ether oxygens (including phenoxy) is 1. The van der Waals surface area contributed by atoms with E-state index in [9.17, 15) is 13.2 Å². The smallest absolute Gasteiger partial charge is 0.243 e. The number of nitrogens with zero attached hydrogens (tertiary/aromatic N) is 2. The van der Waals surface area contributed by atoms with Gasteiger partial charge in [0, 0.05) is 31.1 Å². The maximum atomic E-state index is 12.6. The molecule has 7 nitrogen and oxygen atoms in total. The number of hydrogen-bond donors (Lipinski definition) is 1. The molecule has 1 saturated carbocycles. The minimum absolute atomic E-state index is 0.119. The Labute approximate surface area is 165 Å². The Morgan fingerprint density at radius 1 is 1.21 bits per heavy atom. The predicted molar refractivity (Wildman–Crippen MR) is 105 cm³/mol. The monoisotopic (exact) mass is 403 g/mol. The molecule has 28 heavy (non-hydrogen) atoms. The maximum Gasteiger partial charge on any atom is 0.243 e. The lowest BCUT2D eigenvalue weighted by molar-refractivity contribution is -0.121. The van der Waals surface area contributed by atoms with Crippen LogP contribution in [0.2, 0.25) is 0 Å². The molecule has 150 valence electrons. The second kappa shape index (κ2) is 8.14. The van der Waals surface area contributed by atoms with Crippen molar-refractivity contribution in [2.24, 2.45) is 16.9 Å². The summed E-state index contributed by atoms with van der Waals surface area (Å²) in [7, 11) is -3.48. The van der Waals surface area contributed by atoms with Crippen LogP contribution < -0.4 is 5.43 Å². The van der Waals surface area contributed by atoms with E-state index in [4.69, 9.17) is 4.74 Å². The van der Waals surface area contributed by atoms with E-state index in [-0.39, 0.29) is 10.8 Å². The van der Waals surface area contributed by atoms with Gasteiger partial charge in [-0.2, -0.15) is 9.41 Å². The maximum absolute atomic E-state index is 12.6. The zero-order valence-electron chi connectivity index (χ0n) is 15.7. The first-order valence-electron chi connectivity index (χ1n) is 9.73. The molecule has 2 unspecified atom stereocenters. The SMILES string of the molecule is O=C(CCc1ccc(S(=O)(=O)N2CCOCC2)cc1)N/N=C1\CC2C=CCC12. The number of amides is 1. The lowest BCUT2D eigenvalue weighted by Gasteiger charge is -2.31. The molecule has 0 bridgehead atoms. The summed E-state index contributed by atoms with van der Waals surface area (Å²) in [5.41, 5.74) is 4.66. The molecule has 2 fully saturated rings. The normalized spacial score (nSPS) is 26.1. The summed E-state index contributed by atoms with van der Waals surface area (Å²) in [5.74, 6) is 0.982. The molecule has 0 aromatic heterocycles. The number of sulfonamides is 1. The number of morpholine rings is 1. The Kier molecular flexibility index (Phi) is 5.61. The third-order valence-corrected chi connectivity index (χ3v) is 7.57. The highest BCUT2D eigenvalue weighted by Gasteiger charge is 2.38. The third-order valence-electron chi connectivity index (χ3n) is 5.66. The first-order chi connectivity index (χ1) is 13.5. The molecule has 1 aliphatic heterocycles. The van der Waals surface area contributed by atoms with Gasteiger partial charge in [-0.3, -0.25) is 4.79 Å². The molecule has 1 N–H and O–H groups in total. The van der Waals surface area contributed by atoms with E-state index in [0.29, 0.717) is 51.0 Å². The van der Waals surface area contributed by atoms with Gasteiger partial charge in [-0.15, -0.1) is 0 Å². The average molecular weight is 404 g/mol. The zero-order valence-corrected chi connectivity index (χ0v) is 16.5. The highest BCUT2D eigenvalue weighted by Crippen LogP contribution is 2.40. The number of carbonyl (C=O) groups excluding carboxylic acids is 1. The van der Waals surface area contributed by atoms with Crippen LogP contribution in [0.5, 0.6) is 0 Å². The fourth-order valence-electron chi connectivity index (χ4n) is 3.88. The van der Waals surface area contributed by atoms with Crippen molar-refractivity contribution in [3.05, 3.63) is 42.0 Å². The quantitative estimate of drug-likeness (QED) is 0.579. The van der Waals surface area contributed by atoms with Crippen LogP contribution in [0.15, 0.2) is 46.4 Å². The van der Waals surface area contributed by atoms with Crippen molar-refractivity contribution in [3.63, 3.8) is 0 Å². The van der Waals surface area contributed by atoms with Crippen LogP contribution in [0.1, 0.15) is 24.8 Å². The van der Waals surface area contributed by atoms with Crippen LogP contribution in [0.25, 0.3) is 0 Å². The van der Waals surface area contributed by atoms with Crippen LogP contribution in [-0.4, -0.2) is 50.6 Å². The fraction of sp³-hybridized carbons (Fsp3) is 0.500. The standard InChI is InChI=1S/C20H25N3O4S/c24-20(22-21-19-14-16-2-1-3-18(16)19)9-6-15-4-7-17(8-5-15)28(25,26)23-10-12-27-13-11-23/h1-2,4-5,7-8,16,18H,3,6,9-14H2,(H,22,24)/b21-19+. The summed E-state index contributed by atoms with van der Waals surface area (Å²) >= 11 is 0. The Bertz CT molecular complexity index is 887. The van der Waals surface area contributed by atoms with Gasteiger partial charge in [0.05, 0.1) is 18.1 Å². The van der Waals surface area contributed by atoms with Gasteiger partial charge in [0.25, 0.3) is 0 Å². The van der Waals surface area contributed by atoms with Gasteiger partial charge in [-0.1, -0.05) is 24.3 Å². The summed E-state index contributed by atoms with van der Waals surface area (Å²) < 4.78 is 31.9. The van der Waals surface area contributed by atoms with Crippen molar-refractivity contribution < 1.29 is 17.9 Å². The molecule has 0 radical (unpaired) electrons. The first-order valence-corrected chi connectivity index (χ1v) is 11.2. The highest BCUT2D eigenvalue weighted by molar-refractivity contribution is 7.89. The topological polar surface area (TPSA) is 88.1 Å². The van der Waals surface area contributed by atoms with Crippen molar-refractivity contribution in [2.75, 3.05) is 26.3 Å². The Morgan fingerprint density at radius 2 is 1.96 bits per heavy atom. The molecule has 8 heteroatoms. The van der Waals surface area contributed by atoms with E-state index in [1.165, 1.54) is 4.31 Å². The number of nitrogens with one attached hydrogen (secondary N) is 1. The number of allylic oxidation sites excluding steroid dienone is 2. The molecule has 1 aromatic rings. The summed E-state index contributed by atoms with van der Waals surface area (Å²) in [4.78, 5) is 12.3. The van der Waals surface area contributed by atoms with Gasteiger partial charge in [0.2, 0.25) is 15.9 Å². The molecule has 1 saturated heterocycles. The van der Waals surface area contributed by atoms with Gasteiger partial charge in [0.15, 0.2) is 0 Å². The van der Waals surface area contributed by atoms with Crippen molar-refractivity contribution in [3.8, 4) is 0 Å². The summed E-state index contributed by atoms with van der Waals surface area (Å²) in [5, 5.41) is 4.26. The Balaban J connectivity index is 1.27. The number of fused-ring (bicyclic) bond motifs is 1. The second-order valence-electron chi connectivity index (χ2n) is 7.44. The Morgan fingerprint density at radius 3 is 2.68 bits per heavy atom. The van der Waals surface area contributed by atoms with E-state index in [1.807, 2.05) is 0 Å². The third kappa shape index (κ3) is 4.04. The minimum Gasteiger partial charge on any atom is -0.379 e. The van der Waals surface area contributed by atoms with Gasteiger partial charge in [-0.05, 0) is 42.9 Å². The largest absolute Gasteiger partial charge is 0.379 e. The van der Waals surface area contributed by atoms with Crippen LogP contribution in [-0.2, 0) is 26.0 Å². The minimum atomic E-state index is -3.48. The van der Waals surface area contributed by atoms with Crippen LogP contribution in [0.3, 0.4) is 0 Å². The number of hydrogen-bond acceptors (Lipinski definition) is 5. The Hall–Kier alpha value is -2.03. The molecule has 0 spiro atoms.